The molecule has 2 aliphatic heterocycles. The van der Waals surface area contributed by atoms with Crippen molar-refractivity contribution in [2.75, 3.05) is 57.8 Å². The average Bonchev–Trinajstić information content (AvgIpc) is 2.76. The van der Waals surface area contributed by atoms with Crippen molar-refractivity contribution in [1.82, 2.24) is 20.0 Å². The molecule has 146 valence electrons. The fourth-order valence-corrected chi connectivity index (χ4v) is 4.13. The summed E-state index contributed by atoms with van der Waals surface area (Å²) >= 11 is 0. The number of nitriles is 1. The second-order valence-electron chi connectivity index (χ2n) is 8.00. The monoisotopic (exact) mass is 376 g/mol. The zero-order chi connectivity index (χ0) is 19.3. The molecule has 2 fully saturated rings. The smallest absolute Gasteiger partial charge is 0.151 e. The molecule has 1 aromatic heterocycles. The summed E-state index contributed by atoms with van der Waals surface area (Å²) in [5.41, 5.74) is 2.49. The number of piperazine rings is 1. The minimum Gasteiger partial charge on any atom is -0.353 e. The molecule has 0 atom stereocenters. The lowest BCUT2D eigenvalue weighted by Crippen LogP contribution is -2.49. The minimum atomic E-state index is 0.659. The van der Waals surface area contributed by atoms with Crippen LogP contribution in [0.15, 0.2) is 36.4 Å². The highest BCUT2D eigenvalue weighted by Gasteiger charge is 2.23. The van der Waals surface area contributed by atoms with Crippen LogP contribution in [0, 0.1) is 17.2 Å². The predicted octanol–water partition coefficient (Wildman–Crippen LogP) is 2.48. The lowest BCUT2D eigenvalue weighted by atomic mass is 9.96. The molecule has 0 amide bonds. The van der Waals surface area contributed by atoms with Crippen LogP contribution in [0.25, 0.3) is 11.3 Å². The molecular formula is C22H28N6. The molecule has 6 heteroatoms. The zero-order valence-electron chi connectivity index (χ0n) is 16.6. The molecule has 0 bridgehead atoms. The Morgan fingerprint density at radius 2 is 1.64 bits per heavy atom. The van der Waals surface area contributed by atoms with Crippen LogP contribution in [-0.2, 0) is 0 Å². The number of hydrogen-bond donors (Lipinski definition) is 0. The zero-order valence-corrected chi connectivity index (χ0v) is 16.6. The summed E-state index contributed by atoms with van der Waals surface area (Å²) < 4.78 is 0. The molecule has 2 aliphatic rings. The maximum absolute atomic E-state index is 8.91. The quantitative estimate of drug-likeness (QED) is 0.817. The molecule has 6 nitrogen and oxygen atoms in total. The van der Waals surface area contributed by atoms with Crippen molar-refractivity contribution in [3.63, 3.8) is 0 Å². The Balaban J connectivity index is 1.30. The van der Waals surface area contributed by atoms with E-state index in [2.05, 4.69) is 44.1 Å². The highest BCUT2D eigenvalue weighted by Crippen LogP contribution is 2.21. The fourth-order valence-electron chi connectivity index (χ4n) is 4.13. The van der Waals surface area contributed by atoms with Gasteiger partial charge in [0, 0.05) is 38.3 Å². The van der Waals surface area contributed by atoms with Crippen LogP contribution in [0.3, 0.4) is 0 Å². The van der Waals surface area contributed by atoms with Gasteiger partial charge in [-0.1, -0.05) is 12.1 Å². The van der Waals surface area contributed by atoms with E-state index in [9.17, 15) is 0 Å². The maximum Gasteiger partial charge on any atom is 0.151 e. The number of benzene rings is 1. The number of likely N-dealkylation sites (tertiary alicyclic amines) is 1. The molecule has 0 aliphatic carbocycles. The van der Waals surface area contributed by atoms with Crippen molar-refractivity contribution in [2.24, 2.45) is 5.92 Å². The Bertz CT molecular complexity index is 794. The normalized spacial score (nSPS) is 19.5. The molecule has 1 aromatic carbocycles. The Morgan fingerprint density at radius 1 is 0.929 bits per heavy atom. The second kappa shape index (κ2) is 8.68. The first-order chi connectivity index (χ1) is 13.7. The molecule has 28 heavy (non-hydrogen) atoms. The van der Waals surface area contributed by atoms with Gasteiger partial charge in [-0.25, -0.2) is 0 Å². The Morgan fingerprint density at radius 3 is 2.25 bits per heavy atom. The van der Waals surface area contributed by atoms with E-state index in [4.69, 9.17) is 5.26 Å². The lowest BCUT2D eigenvalue weighted by Gasteiger charge is -2.38. The van der Waals surface area contributed by atoms with Crippen molar-refractivity contribution < 1.29 is 0 Å². The number of aromatic nitrogens is 2. The van der Waals surface area contributed by atoms with E-state index in [0.29, 0.717) is 5.56 Å². The minimum absolute atomic E-state index is 0.659. The lowest BCUT2D eigenvalue weighted by molar-refractivity contribution is 0.155. The first-order valence-electron chi connectivity index (χ1n) is 10.2. The van der Waals surface area contributed by atoms with E-state index < -0.39 is 0 Å². The van der Waals surface area contributed by atoms with Gasteiger partial charge in [0.15, 0.2) is 5.82 Å². The second-order valence-corrected chi connectivity index (χ2v) is 8.00. The summed E-state index contributed by atoms with van der Waals surface area (Å²) in [6, 6.07) is 13.7. The van der Waals surface area contributed by atoms with E-state index >= 15 is 0 Å². The number of piperidine rings is 1. The van der Waals surface area contributed by atoms with Gasteiger partial charge in [-0.15, -0.1) is 10.2 Å². The van der Waals surface area contributed by atoms with E-state index in [1.807, 2.05) is 30.3 Å². The molecule has 0 radical (unpaired) electrons. The first kappa shape index (κ1) is 18.9. The molecule has 0 unspecified atom stereocenters. The largest absolute Gasteiger partial charge is 0.353 e. The fraction of sp³-hybridized carbons (Fsp3) is 0.500. The Kier molecular flexibility index (Phi) is 5.84. The molecule has 0 spiro atoms. The SMILES string of the molecule is CN1CCC(CN2CCN(c3ccc(-c4ccc(C#N)cc4)nn3)CC2)CC1. The number of anilines is 1. The number of nitrogens with zero attached hydrogens (tertiary/aromatic N) is 6. The molecular weight excluding hydrogens is 348 g/mol. The highest BCUT2D eigenvalue weighted by atomic mass is 15.3. The third kappa shape index (κ3) is 4.49. The van der Waals surface area contributed by atoms with Gasteiger partial charge in [-0.2, -0.15) is 5.26 Å². The van der Waals surface area contributed by atoms with Crippen molar-refractivity contribution in [3.8, 4) is 17.3 Å². The van der Waals surface area contributed by atoms with Crippen molar-refractivity contribution >= 4 is 5.82 Å². The van der Waals surface area contributed by atoms with Gasteiger partial charge >= 0.3 is 0 Å². The van der Waals surface area contributed by atoms with Crippen LogP contribution in [0.1, 0.15) is 18.4 Å². The topological polar surface area (TPSA) is 59.3 Å². The van der Waals surface area contributed by atoms with Crippen molar-refractivity contribution in [2.45, 2.75) is 12.8 Å². The summed E-state index contributed by atoms with van der Waals surface area (Å²) in [5, 5.41) is 17.8. The van der Waals surface area contributed by atoms with Gasteiger partial charge in [0.05, 0.1) is 17.3 Å². The van der Waals surface area contributed by atoms with Gasteiger partial charge in [0.1, 0.15) is 0 Å². The van der Waals surface area contributed by atoms with E-state index in [-0.39, 0.29) is 0 Å². The third-order valence-electron chi connectivity index (χ3n) is 6.01. The summed E-state index contributed by atoms with van der Waals surface area (Å²) in [6.07, 6.45) is 2.66. The average molecular weight is 377 g/mol. The summed E-state index contributed by atoms with van der Waals surface area (Å²) in [4.78, 5) is 7.39. The number of rotatable bonds is 4. The van der Waals surface area contributed by atoms with Gasteiger partial charge in [-0.3, -0.25) is 4.90 Å². The van der Waals surface area contributed by atoms with E-state index in [0.717, 1.165) is 49.2 Å². The Labute approximate surface area is 167 Å². The molecule has 2 aromatic rings. The first-order valence-corrected chi connectivity index (χ1v) is 10.2. The molecule has 0 saturated carbocycles. The van der Waals surface area contributed by atoms with Crippen molar-refractivity contribution in [1.29, 1.82) is 5.26 Å². The van der Waals surface area contributed by atoms with Crippen molar-refractivity contribution in [3.05, 3.63) is 42.0 Å². The van der Waals surface area contributed by atoms with Crippen LogP contribution >= 0.6 is 0 Å². The highest BCUT2D eigenvalue weighted by molar-refractivity contribution is 5.60. The maximum atomic E-state index is 8.91. The molecule has 4 rings (SSSR count). The summed E-state index contributed by atoms with van der Waals surface area (Å²) in [5.74, 6) is 1.81. The molecule has 0 N–H and O–H groups in total. The molecule has 2 saturated heterocycles. The summed E-state index contributed by atoms with van der Waals surface area (Å²) in [7, 11) is 2.22. The standard InChI is InChI=1S/C22H28N6/c1-26-10-8-19(9-11-26)17-27-12-14-28(15-13-27)22-7-6-21(24-25-22)20-4-2-18(16-23)3-5-20/h2-7,19H,8-15,17H2,1H3. The van der Waals surface area contributed by atoms with Gasteiger partial charge in [0.2, 0.25) is 0 Å². The van der Waals surface area contributed by atoms with Crippen LogP contribution < -0.4 is 4.90 Å². The van der Waals surface area contributed by atoms with Gasteiger partial charge in [-0.05, 0) is 63.2 Å². The van der Waals surface area contributed by atoms with Crippen LogP contribution in [0.2, 0.25) is 0 Å². The van der Waals surface area contributed by atoms with Crippen LogP contribution in [0.5, 0.6) is 0 Å². The molecule has 3 heterocycles. The van der Waals surface area contributed by atoms with Crippen LogP contribution in [-0.4, -0.2) is 72.9 Å². The Hall–Kier alpha value is -2.49. The van der Waals surface area contributed by atoms with Gasteiger partial charge in [0.25, 0.3) is 0 Å². The van der Waals surface area contributed by atoms with E-state index in [1.165, 1.54) is 32.5 Å². The van der Waals surface area contributed by atoms with E-state index in [1.54, 1.807) is 0 Å². The third-order valence-corrected chi connectivity index (χ3v) is 6.01. The van der Waals surface area contributed by atoms with Crippen LogP contribution in [0.4, 0.5) is 5.82 Å². The number of hydrogen-bond acceptors (Lipinski definition) is 6. The van der Waals surface area contributed by atoms with Gasteiger partial charge < -0.3 is 9.80 Å². The predicted molar refractivity (Wildman–Crippen MR) is 111 cm³/mol. The summed E-state index contributed by atoms with van der Waals surface area (Å²) in [6.45, 7) is 7.95.